The Labute approximate surface area is 139 Å². The molecule has 1 fully saturated rings. The molecule has 1 aromatic rings. The summed E-state index contributed by atoms with van der Waals surface area (Å²) in [6.07, 6.45) is 1.16. The highest BCUT2D eigenvalue weighted by molar-refractivity contribution is 5.85. The average Bonchev–Trinajstić information content (AvgIpc) is 2.95. The van der Waals surface area contributed by atoms with E-state index in [0.29, 0.717) is 11.7 Å². The van der Waals surface area contributed by atoms with Crippen LogP contribution in [0.1, 0.15) is 18.9 Å². The van der Waals surface area contributed by atoms with E-state index in [2.05, 4.69) is 11.8 Å². The maximum absolute atomic E-state index is 6.01. The van der Waals surface area contributed by atoms with Crippen LogP contribution in [0.15, 0.2) is 12.1 Å². The molecule has 0 amide bonds. The normalized spacial score (nSPS) is 19.4. The summed E-state index contributed by atoms with van der Waals surface area (Å²) < 4.78 is 16.2. The van der Waals surface area contributed by atoms with Crippen molar-refractivity contribution in [2.45, 2.75) is 25.9 Å². The lowest BCUT2D eigenvalue weighted by Crippen LogP contribution is -2.29. The fraction of sp³-hybridized carbons (Fsp3) is 0.625. The highest BCUT2D eigenvalue weighted by Gasteiger charge is 2.26. The maximum Gasteiger partial charge on any atom is 0.164 e. The quantitative estimate of drug-likeness (QED) is 0.867. The molecule has 0 saturated carbocycles. The van der Waals surface area contributed by atoms with Crippen LogP contribution >= 0.6 is 12.4 Å². The first-order valence-corrected chi connectivity index (χ1v) is 7.35. The van der Waals surface area contributed by atoms with Crippen molar-refractivity contribution in [3.8, 4) is 17.2 Å². The number of methoxy groups -OCH3 is 3. The molecular formula is C16H27ClN2O3. The second-order valence-corrected chi connectivity index (χ2v) is 5.66. The fourth-order valence-electron chi connectivity index (χ4n) is 2.89. The van der Waals surface area contributed by atoms with Crippen LogP contribution in [0, 0.1) is 5.92 Å². The second-order valence-electron chi connectivity index (χ2n) is 5.66. The minimum absolute atomic E-state index is 0. The smallest absolute Gasteiger partial charge is 0.164 e. The van der Waals surface area contributed by atoms with Gasteiger partial charge in [-0.05, 0) is 31.9 Å². The summed E-state index contributed by atoms with van der Waals surface area (Å²) in [5, 5.41) is 0. The highest BCUT2D eigenvalue weighted by Crippen LogP contribution is 2.35. The fourth-order valence-corrected chi connectivity index (χ4v) is 2.89. The third kappa shape index (κ3) is 4.18. The van der Waals surface area contributed by atoms with Gasteiger partial charge in [-0.25, -0.2) is 0 Å². The molecule has 6 heteroatoms. The third-order valence-electron chi connectivity index (χ3n) is 4.23. The largest absolute Gasteiger partial charge is 0.496 e. The zero-order valence-electron chi connectivity index (χ0n) is 13.8. The Morgan fingerprint density at radius 3 is 2.23 bits per heavy atom. The molecule has 5 nitrogen and oxygen atoms in total. The Kier molecular flexibility index (Phi) is 7.26. The van der Waals surface area contributed by atoms with Gasteiger partial charge in [0.1, 0.15) is 5.75 Å². The molecule has 1 aliphatic rings. The Hall–Kier alpha value is -1.17. The number of hydrogen-bond donors (Lipinski definition) is 1. The van der Waals surface area contributed by atoms with E-state index >= 15 is 0 Å². The summed E-state index contributed by atoms with van der Waals surface area (Å²) in [7, 11) is 4.96. The molecule has 1 heterocycles. The lowest BCUT2D eigenvalue weighted by atomic mass is 10.0. The van der Waals surface area contributed by atoms with Crippen LogP contribution in [0.5, 0.6) is 17.2 Å². The van der Waals surface area contributed by atoms with Crippen LogP contribution in [0.4, 0.5) is 0 Å². The van der Waals surface area contributed by atoms with Crippen LogP contribution in [0.25, 0.3) is 0 Å². The van der Waals surface area contributed by atoms with Crippen LogP contribution < -0.4 is 19.9 Å². The van der Waals surface area contributed by atoms with Gasteiger partial charge < -0.3 is 19.9 Å². The van der Waals surface area contributed by atoms with E-state index in [9.17, 15) is 0 Å². The van der Waals surface area contributed by atoms with E-state index in [1.165, 1.54) is 0 Å². The van der Waals surface area contributed by atoms with Crippen LogP contribution in [-0.4, -0.2) is 45.4 Å². The number of benzene rings is 1. The van der Waals surface area contributed by atoms with Gasteiger partial charge in [0.05, 0.1) is 21.3 Å². The molecule has 0 spiro atoms. The van der Waals surface area contributed by atoms with Gasteiger partial charge in [0, 0.05) is 30.8 Å². The zero-order valence-corrected chi connectivity index (χ0v) is 14.6. The van der Waals surface area contributed by atoms with Gasteiger partial charge in [-0.2, -0.15) is 0 Å². The van der Waals surface area contributed by atoms with Gasteiger partial charge >= 0.3 is 0 Å². The lowest BCUT2D eigenvalue weighted by molar-refractivity contribution is 0.298. The summed E-state index contributed by atoms with van der Waals surface area (Å²) in [4.78, 5) is 2.41. The molecular weight excluding hydrogens is 304 g/mol. The summed E-state index contributed by atoms with van der Waals surface area (Å²) >= 11 is 0. The first kappa shape index (κ1) is 18.9. The van der Waals surface area contributed by atoms with Gasteiger partial charge in [0.15, 0.2) is 11.5 Å². The van der Waals surface area contributed by atoms with E-state index in [1.54, 1.807) is 21.3 Å². The third-order valence-corrected chi connectivity index (χ3v) is 4.23. The molecule has 0 bridgehead atoms. The van der Waals surface area contributed by atoms with Gasteiger partial charge in [-0.3, -0.25) is 4.90 Å². The van der Waals surface area contributed by atoms with Crippen molar-refractivity contribution in [2.75, 3.05) is 34.4 Å². The van der Waals surface area contributed by atoms with Crippen molar-refractivity contribution < 1.29 is 14.2 Å². The number of nitrogens with two attached hydrogens (primary N) is 1. The average molecular weight is 331 g/mol. The van der Waals surface area contributed by atoms with Crippen molar-refractivity contribution in [1.29, 1.82) is 0 Å². The van der Waals surface area contributed by atoms with Gasteiger partial charge in [-0.15, -0.1) is 12.4 Å². The molecule has 1 aliphatic heterocycles. The summed E-state index contributed by atoms with van der Waals surface area (Å²) in [6.45, 7) is 5.04. The summed E-state index contributed by atoms with van der Waals surface area (Å²) in [6, 6.07) is 4.13. The number of ether oxygens (including phenoxy) is 3. The van der Waals surface area contributed by atoms with Gasteiger partial charge in [-0.1, -0.05) is 0 Å². The topological polar surface area (TPSA) is 57.0 Å². The van der Waals surface area contributed by atoms with Crippen molar-refractivity contribution in [3.63, 3.8) is 0 Å². The molecule has 126 valence electrons. The van der Waals surface area contributed by atoms with Gasteiger partial charge in [0.2, 0.25) is 0 Å². The predicted octanol–water partition coefficient (Wildman–Crippen LogP) is 2.30. The molecule has 2 rings (SSSR count). The molecule has 0 aromatic heterocycles. The number of hydrogen-bond acceptors (Lipinski definition) is 5. The highest BCUT2D eigenvalue weighted by atomic mass is 35.5. The van der Waals surface area contributed by atoms with E-state index < -0.39 is 0 Å². The van der Waals surface area contributed by atoms with Crippen LogP contribution in [0.3, 0.4) is 0 Å². The Bertz CT molecular complexity index is 483. The summed E-state index contributed by atoms with van der Waals surface area (Å²) in [5.74, 6) is 2.83. The van der Waals surface area contributed by atoms with Crippen LogP contribution in [0.2, 0.25) is 0 Å². The summed E-state index contributed by atoms with van der Waals surface area (Å²) in [5.41, 5.74) is 7.12. The SMILES string of the molecule is COc1cc(OC)c(OC)cc1CN1CCC(C(C)N)C1.Cl. The number of likely N-dealkylation sites (tertiary alicyclic amines) is 1. The second kappa shape index (κ2) is 8.46. The maximum atomic E-state index is 6.01. The van der Waals surface area contributed by atoms with Crippen molar-refractivity contribution in [1.82, 2.24) is 4.90 Å². The van der Waals surface area contributed by atoms with Crippen LogP contribution in [-0.2, 0) is 6.54 Å². The number of rotatable bonds is 6. The number of halogens is 1. The molecule has 0 radical (unpaired) electrons. The molecule has 2 N–H and O–H groups in total. The Morgan fingerprint density at radius 1 is 1.14 bits per heavy atom. The minimum Gasteiger partial charge on any atom is -0.496 e. The molecule has 1 aromatic carbocycles. The first-order valence-electron chi connectivity index (χ1n) is 7.35. The molecule has 2 unspecified atom stereocenters. The molecule has 2 atom stereocenters. The molecule has 1 saturated heterocycles. The Morgan fingerprint density at radius 2 is 1.73 bits per heavy atom. The monoisotopic (exact) mass is 330 g/mol. The van der Waals surface area contributed by atoms with E-state index in [4.69, 9.17) is 19.9 Å². The Balaban J connectivity index is 0.00000242. The molecule has 22 heavy (non-hydrogen) atoms. The van der Waals surface area contributed by atoms with Crippen molar-refractivity contribution in [2.24, 2.45) is 11.7 Å². The standard InChI is InChI=1S/C16H26N2O3.ClH/c1-11(17)12-5-6-18(9-12)10-13-7-15(20-3)16(21-4)8-14(13)19-2;/h7-8,11-12H,5-6,9-10,17H2,1-4H3;1H. The van der Waals surface area contributed by atoms with Crippen molar-refractivity contribution >= 4 is 12.4 Å². The van der Waals surface area contributed by atoms with Gasteiger partial charge in [0.25, 0.3) is 0 Å². The van der Waals surface area contributed by atoms with Crippen molar-refractivity contribution in [3.05, 3.63) is 17.7 Å². The predicted molar refractivity (Wildman–Crippen MR) is 90.4 cm³/mol. The zero-order chi connectivity index (χ0) is 15.4. The van der Waals surface area contributed by atoms with E-state index in [-0.39, 0.29) is 18.4 Å². The van der Waals surface area contributed by atoms with E-state index in [0.717, 1.165) is 43.1 Å². The van der Waals surface area contributed by atoms with E-state index in [1.807, 2.05) is 12.1 Å². The minimum atomic E-state index is 0. The molecule has 0 aliphatic carbocycles. The first-order chi connectivity index (χ1) is 10.1. The number of nitrogens with zero attached hydrogens (tertiary/aromatic N) is 1. The lowest BCUT2D eigenvalue weighted by Gasteiger charge is -2.20.